The van der Waals surface area contributed by atoms with Crippen molar-refractivity contribution in [3.63, 3.8) is 0 Å². The molecule has 1 aromatic rings. The first-order valence-electron chi connectivity index (χ1n) is 6.29. The molecule has 1 N–H and O–H groups in total. The highest BCUT2D eigenvalue weighted by atomic mass is 35.5. The van der Waals surface area contributed by atoms with Crippen LogP contribution in [0.15, 0.2) is 18.2 Å². The molecule has 1 aliphatic heterocycles. The molecule has 1 saturated heterocycles. The van der Waals surface area contributed by atoms with Crippen LogP contribution in [0.2, 0.25) is 5.02 Å². The Kier molecular flexibility index (Phi) is 4.32. The van der Waals surface area contributed by atoms with Gasteiger partial charge in [-0.1, -0.05) is 24.6 Å². The first-order valence-corrected chi connectivity index (χ1v) is 6.67. The lowest BCUT2D eigenvalue weighted by Crippen LogP contribution is -2.50. The van der Waals surface area contributed by atoms with Crippen LogP contribution in [0.4, 0.5) is 0 Å². The van der Waals surface area contributed by atoms with Gasteiger partial charge < -0.3 is 9.84 Å². The molecular formula is C14H18ClNO3. The zero-order valence-corrected chi connectivity index (χ0v) is 11.9. The molecule has 0 spiro atoms. The van der Waals surface area contributed by atoms with Gasteiger partial charge in [0.25, 0.3) is 0 Å². The summed E-state index contributed by atoms with van der Waals surface area (Å²) in [7, 11) is 1.63. The van der Waals surface area contributed by atoms with Gasteiger partial charge in [-0.3, -0.25) is 9.69 Å². The van der Waals surface area contributed by atoms with Crippen LogP contribution < -0.4 is 4.74 Å². The Bertz CT molecular complexity index is 472. The summed E-state index contributed by atoms with van der Waals surface area (Å²) < 4.78 is 5.30. The van der Waals surface area contributed by atoms with Gasteiger partial charge in [0, 0.05) is 30.2 Å². The second-order valence-corrected chi connectivity index (χ2v) is 5.41. The van der Waals surface area contributed by atoms with Crippen molar-refractivity contribution < 1.29 is 14.6 Å². The van der Waals surface area contributed by atoms with Crippen LogP contribution in [-0.2, 0) is 11.3 Å². The number of halogens is 1. The van der Waals surface area contributed by atoms with Gasteiger partial charge in [-0.15, -0.1) is 0 Å². The average Bonchev–Trinajstić information content (AvgIpc) is 2.33. The molecule has 1 atom stereocenters. The molecule has 1 fully saturated rings. The lowest BCUT2D eigenvalue weighted by atomic mass is 9.87. The van der Waals surface area contributed by atoms with E-state index >= 15 is 0 Å². The maximum Gasteiger partial charge on any atom is 0.306 e. The fourth-order valence-corrected chi connectivity index (χ4v) is 2.59. The largest absolute Gasteiger partial charge is 0.496 e. The Labute approximate surface area is 117 Å². The zero-order valence-electron chi connectivity index (χ0n) is 11.1. The quantitative estimate of drug-likeness (QED) is 0.902. The van der Waals surface area contributed by atoms with E-state index in [0.29, 0.717) is 11.6 Å². The summed E-state index contributed by atoms with van der Waals surface area (Å²) in [6.45, 7) is 4.05. The monoisotopic (exact) mass is 283 g/mol. The van der Waals surface area contributed by atoms with Gasteiger partial charge in [0.05, 0.1) is 13.0 Å². The molecule has 1 aromatic carbocycles. The summed E-state index contributed by atoms with van der Waals surface area (Å²) in [6.07, 6.45) is 0. The Morgan fingerprint density at radius 1 is 1.58 bits per heavy atom. The average molecular weight is 284 g/mol. The van der Waals surface area contributed by atoms with Crippen molar-refractivity contribution in [1.29, 1.82) is 0 Å². The number of carboxylic acids is 1. The number of aliphatic carboxylic acids is 1. The fourth-order valence-electron chi connectivity index (χ4n) is 2.36. The smallest absolute Gasteiger partial charge is 0.306 e. The standard InChI is InChI=1S/C14H18ClNO3/c1-9(14(17)18)10-6-16(7-10)8-11-12(15)4-3-5-13(11)19-2/h3-5,9-10H,6-8H2,1-2H3,(H,17,18). The van der Waals surface area contributed by atoms with Gasteiger partial charge in [-0.2, -0.15) is 0 Å². The van der Waals surface area contributed by atoms with E-state index in [-0.39, 0.29) is 11.8 Å². The van der Waals surface area contributed by atoms with E-state index in [0.717, 1.165) is 24.4 Å². The van der Waals surface area contributed by atoms with Gasteiger partial charge in [0.2, 0.25) is 0 Å². The van der Waals surface area contributed by atoms with E-state index in [2.05, 4.69) is 4.90 Å². The Morgan fingerprint density at radius 3 is 2.84 bits per heavy atom. The van der Waals surface area contributed by atoms with Crippen molar-refractivity contribution in [2.45, 2.75) is 13.5 Å². The minimum Gasteiger partial charge on any atom is -0.496 e. The SMILES string of the molecule is COc1cccc(Cl)c1CN1CC(C(C)C(=O)O)C1. The molecule has 0 aliphatic carbocycles. The number of carboxylic acid groups (broad SMARTS) is 1. The molecule has 0 amide bonds. The number of methoxy groups -OCH3 is 1. The first-order chi connectivity index (χ1) is 9.02. The lowest BCUT2D eigenvalue weighted by molar-refractivity contribution is -0.145. The molecule has 0 radical (unpaired) electrons. The topological polar surface area (TPSA) is 49.8 Å². The van der Waals surface area contributed by atoms with Crippen LogP contribution in [0.3, 0.4) is 0 Å². The Morgan fingerprint density at radius 2 is 2.26 bits per heavy atom. The van der Waals surface area contributed by atoms with E-state index in [1.807, 2.05) is 18.2 Å². The van der Waals surface area contributed by atoms with Crippen molar-refractivity contribution in [1.82, 2.24) is 4.90 Å². The number of benzene rings is 1. The van der Waals surface area contributed by atoms with Gasteiger partial charge in [-0.05, 0) is 18.1 Å². The third-order valence-electron chi connectivity index (χ3n) is 3.76. The number of ether oxygens (including phenoxy) is 1. The van der Waals surface area contributed by atoms with Gasteiger partial charge in [0.15, 0.2) is 0 Å². The van der Waals surface area contributed by atoms with E-state index < -0.39 is 5.97 Å². The summed E-state index contributed by atoms with van der Waals surface area (Å²) in [6, 6.07) is 5.59. The van der Waals surface area contributed by atoms with Crippen molar-refractivity contribution in [3.8, 4) is 5.75 Å². The first kappa shape index (κ1) is 14.2. The second-order valence-electron chi connectivity index (χ2n) is 5.00. The molecular weight excluding hydrogens is 266 g/mol. The zero-order chi connectivity index (χ0) is 14.0. The minimum absolute atomic E-state index is 0.228. The molecule has 0 saturated carbocycles. The van der Waals surface area contributed by atoms with Crippen molar-refractivity contribution >= 4 is 17.6 Å². The molecule has 0 aromatic heterocycles. The normalized spacial score (nSPS) is 17.8. The number of carbonyl (C=O) groups is 1. The molecule has 0 bridgehead atoms. The fraction of sp³-hybridized carbons (Fsp3) is 0.500. The van der Waals surface area contributed by atoms with Gasteiger partial charge in [0.1, 0.15) is 5.75 Å². The summed E-state index contributed by atoms with van der Waals surface area (Å²) in [5, 5.41) is 9.65. The minimum atomic E-state index is -0.722. The van der Waals surface area contributed by atoms with Crippen molar-refractivity contribution in [2.24, 2.45) is 11.8 Å². The molecule has 4 nitrogen and oxygen atoms in total. The van der Waals surface area contributed by atoms with Crippen molar-refractivity contribution in [3.05, 3.63) is 28.8 Å². The van der Waals surface area contributed by atoms with Gasteiger partial charge in [-0.25, -0.2) is 0 Å². The predicted molar refractivity (Wildman–Crippen MR) is 73.6 cm³/mol. The Balaban J connectivity index is 1.96. The second kappa shape index (κ2) is 5.80. The number of hydrogen-bond donors (Lipinski definition) is 1. The molecule has 104 valence electrons. The van der Waals surface area contributed by atoms with Crippen LogP contribution in [-0.4, -0.2) is 36.2 Å². The number of nitrogens with zero attached hydrogens (tertiary/aromatic N) is 1. The molecule has 19 heavy (non-hydrogen) atoms. The van der Waals surface area contributed by atoms with Crippen LogP contribution in [0, 0.1) is 11.8 Å². The summed E-state index contributed by atoms with van der Waals surface area (Å²) in [5.74, 6) is -0.00224. The summed E-state index contributed by atoms with van der Waals surface area (Å²) in [4.78, 5) is 13.1. The summed E-state index contributed by atoms with van der Waals surface area (Å²) >= 11 is 6.18. The van der Waals surface area contributed by atoms with E-state index in [9.17, 15) is 4.79 Å². The van der Waals surface area contributed by atoms with Crippen LogP contribution >= 0.6 is 11.6 Å². The molecule has 1 aliphatic rings. The highest BCUT2D eigenvalue weighted by Gasteiger charge is 2.34. The van der Waals surface area contributed by atoms with E-state index in [4.69, 9.17) is 21.4 Å². The van der Waals surface area contributed by atoms with Gasteiger partial charge >= 0.3 is 5.97 Å². The highest BCUT2D eigenvalue weighted by Crippen LogP contribution is 2.31. The van der Waals surface area contributed by atoms with Crippen molar-refractivity contribution in [2.75, 3.05) is 20.2 Å². The highest BCUT2D eigenvalue weighted by molar-refractivity contribution is 6.31. The van der Waals surface area contributed by atoms with Crippen LogP contribution in [0.25, 0.3) is 0 Å². The van der Waals surface area contributed by atoms with Crippen LogP contribution in [0.1, 0.15) is 12.5 Å². The van der Waals surface area contributed by atoms with E-state index in [1.54, 1.807) is 14.0 Å². The van der Waals surface area contributed by atoms with E-state index in [1.165, 1.54) is 0 Å². The summed E-state index contributed by atoms with van der Waals surface area (Å²) in [5.41, 5.74) is 0.966. The number of rotatable bonds is 5. The molecule has 1 unspecified atom stereocenters. The maximum atomic E-state index is 10.9. The third-order valence-corrected chi connectivity index (χ3v) is 4.11. The maximum absolute atomic E-state index is 10.9. The molecule has 2 rings (SSSR count). The molecule has 5 heteroatoms. The Hall–Kier alpha value is -1.26. The molecule has 1 heterocycles. The third kappa shape index (κ3) is 3.01. The number of likely N-dealkylation sites (tertiary alicyclic amines) is 1. The predicted octanol–water partition coefficient (Wildman–Crippen LogP) is 2.50. The number of hydrogen-bond acceptors (Lipinski definition) is 3. The lowest BCUT2D eigenvalue weighted by Gasteiger charge is -2.41. The van der Waals surface area contributed by atoms with Crippen LogP contribution in [0.5, 0.6) is 5.75 Å².